The van der Waals surface area contributed by atoms with Crippen molar-refractivity contribution in [1.29, 1.82) is 0 Å². The quantitative estimate of drug-likeness (QED) is 0.597. The number of rotatable bonds is 6. The molecule has 1 aliphatic heterocycles. The molecule has 1 atom stereocenters. The van der Waals surface area contributed by atoms with Gasteiger partial charge >= 0.3 is 0 Å². The van der Waals surface area contributed by atoms with Crippen LogP contribution in [0.4, 0.5) is 15.9 Å². The fourth-order valence-corrected chi connectivity index (χ4v) is 4.26. The van der Waals surface area contributed by atoms with Crippen LogP contribution in [-0.4, -0.2) is 59.5 Å². The van der Waals surface area contributed by atoms with Crippen molar-refractivity contribution in [1.82, 2.24) is 19.8 Å². The number of hydrogen-bond donors (Lipinski definition) is 1. The van der Waals surface area contributed by atoms with Crippen LogP contribution in [0.25, 0.3) is 10.9 Å². The van der Waals surface area contributed by atoms with E-state index in [2.05, 4.69) is 20.2 Å². The molecule has 2 heterocycles. The van der Waals surface area contributed by atoms with Crippen LogP contribution < -0.4 is 10.1 Å². The normalized spacial score (nSPS) is 16.3. The van der Waals surface area contributed by atoms with Gasteiger partial charge in [-0.2, -0.15) is 0 Å². The number of likely N-dealkylation sites (N-methyl/N-ethyl adjacent to an activating group) is 1. The number of aromatic nitrogens is 2. The van der Waals surface area contributed by atoms with Gasteiger partial charge in [-0.05, 0) is 37.6 Å². The number of ether oxygens (including phenoxy) is 1. The summed E-state index contributed by atoms with van der Waals surface area (Å²) >= 11 is 5.92. The van der Waals surface area contributed by atoms with E-state index in [0.29, 0.717) is 23.6 Å². The molecular weight excluding hydrogens is 433 g/mol. The highest BCUT2D eigenvalue weighted by Crippen LogP contribution is 2.33. The third kappa shape index (κ3) is 4.33. The number of fused-ring (bicyclic) bond motifs is 1. The Morgan fingerprint density at radius 2 is 2.16 bits per heavy atom. The molecule has 0 radical (unpaired) electrons. The summed E-state index contributed by atoms with van der Waals surface area (Å²) in [5.41, 5.74) is 1.79. The smallest absolute Gasteiger partial charge is 0.239 e. The van der Waals surface area contributed by atoms with Gasteiger partial charge in [-0.25, -0.2) is 14.4 Å². The zero-order valence-corrected chi connectivity index (χ0v) is 19.0. The SMILES string of the molecule is COc1cc2ncnc(Nc3cccc(Cl)c3F)c2cc1CN1CCC[C@H]1C(=O)N(C)C. The van der Waals surface area contributed by atoms with E-state index in [1.165, 1.54) is 12.4 Å². The van der Waals surface area contributed by atoms with Gasteiger partial charge in [-0.1, -0.05) is 17.7 Å². The Labute approximate surface area is 191 Å². The number of hydrogen-bond acceptors (Lipinski definition) is 6. The van der Waals surface area contributed by atoms with Gasteiger partial charge in [0.25, 0.3) is 0 Å². The molecule has 9 heteroatoms. The third-order valence-electron chi connectivity index (χ3n) is 5.71. The van der Waals surface area contributed by atoms with E-state index < -0.39 is 5.82 Å². The second-order valence-corrected chi connectivity index (χ2v) is 8.40. The molecule has 1 amide bonds. The van der Waals surface area contributed by atoms with E-state index in [0.717, 1.165) is 30.3 Å². The van der Waals surface area contributed by atoms with Crippen molar-refractivity contribution in [2.75, 3.05) is 33.1 Å². The number of nitrogens with zero attached hydrogens (tertiary/aromatic N) is 4. The minimum Gasteiger partial charge on any atom is -0.496 e. The monoisotopic (exact) mass is 457 g/mol. The Morgan fingerprint density at radius 3 is 2.91 bits per heavy atom. The highest BCUT2D eigenvalue weighted by Gasteiger charge is 2.32. The van der Waals surface area contributed by atoms with Crippen molar-refractivity contribution in [3.8, 4) is 5.75 Å². The van der Waals surface area contributed by atoms with Gasteiger partial charge in [0, 0.05) is 37.7 Å². The number of benzene rings is 2. The first kappa shape index (κ1) is 22.2. The first-order chi connectivity index (χ1) is 15.4. The molecule has 1 aromatic heterocycles. The second kappa shape index (κ2) is 9.26. The zero-order chi connectivity index (χ0) is 22.8. The average Bonchev–Trinajstić information content (AvgIpc) is 3.24. The molecule has 0 unspecified atom stereocenters. The maximum Gasteiger partial charge on any atom is 0.239 e. The number of nitrogens with one attached hydrogen (secondary N) is 1. The Morgan fingerprint density at radius 1 is 1.34 bits per heavy atom. The van der Waals surface area contributed by atoms with Gasteiger partial charge in [0.05, 0.1) is 29.4 Å². The lowest BCUT2D eigenvalue weighted by molar-refractivity contribution is -0.133. The molecule has 2 aromatic carbocycles. The predicted molar refractivity (Wildman–Crippen MR) is 123 cm³/mol. The van der Waals surface area contributed by atoms with Crippen LogP contribution in [0.15, 0.2) is 36.7 Å². The summed E-state index contributed by atoms with van der Waals surface area (Å²) < 4.78 is 20.1. The lowest BCUT2D eigenvalue weighted by atomic mass is 10.1. The molecule has 168 valence electrons. The van der Waals surface area contributed by atoms with E-state index in [4.69, 9.17) is 16.3 Å². The Balaban J connectivity index is 1.71. The molecule has 1 N–H and O–H groups in total. The molecule has 1 saturated heterocycles. The van der Waals surface area contributed by atoms with Crippen molar-refractivity contribution < 1.29 is 13.9 Å². The lowest BCUT2D eigenvalue weighted by Crippen LogP contribution is -2.42. The van der Waals surface area contributed by atoms with Crippen molar-refractivity contribution >= 4 is 39.9 Å². The minimum absolute atomic E-state index is 0.0290. The Hall–Kier alpha value is -2.97. The first-order valence-corrected chi connectivity index (χ1v) is 10.7. The van der Waals surface area contributed by atoms with Crippen LogP contribution >= 0.6 is 11.6 Å². The fourth-order valence-electron chi connectivity index (χ4n) is 4.08. The summed E-state index contributed by atoms with van der Waals surface area (Å²) in [6.45, 7) is 1.37. The summed E-state index contributed by atoms with van der Waals surface area (Å²) in [6, 6.07) is 8.38. The number of methoxy groups -OCH3 is 1. The number of halogens is 2. The molecular formula is C23H25ClFN5O2. The predicted octanol–water partition coefficient (Wildman–Crippen LogP) is 4.23. The lowest BCUT2D eigenvalue weighted by Gasteiger charge is -2.26. The highest BCUT2D eigenvalue weighted by molar-refractivity contribution is 6.31. The van der Waals surface area contributed by atoms with Crippen LogP contribution in [0.5, 0.6) is 5.75 Å². The van der Waals surface area contributed by atoms with Gasteiger partial charge in [-0.3, -0.25) is 9.69 Å². The van der Waals surface area contributed by atoms with E-state index in [9.17, 15) is 9.18 Å². The van der Waals surface area contributed by atoms with Crippen molar-refractivity contribution in [3.05, 3.63) is 53.1 Å². The molecule has 1 fully saturated rings. The Bertz CT molecular complexity index is 1160. The maximum atomic E-state index is 14.4. The molecule has 0 aliphatic carbocycles. The molecule has 1 aliphatic rings. The number of likely N-dealkylation sites (tertiary alicyclic amines) is 1. The van der Waals surface area contributed by atoms with Gasteiger partial charge in [0.1, 0.15) is 17.9 Å². The van der Waals surface area contributed by atoms with E-state index in [1.54, 1.807) is 38.2 Å². The highest BCUT2D eigenvalue weighted by atomic mass is 35.5. The van der Waals surface area contributed by atoms with Crippen LogP contribution in [0.2, 0.25) is 5.02 Å². The second-order valence-electron chi connectivity index (χ2n) is 7.99. The van der Waals surface area contributed by atoms with Crippen LogP contribution in [0, 0.1) is 5.82 Å². The van der Waals surface area contributed by atoms with Crippen LogP contribution in [0.1, 0.15) is 18.4 Å². The molecule has 3 aromatic rings. The molecule has 0 spiro atoms. The first-order valence-electron chi connectivity index (χ1n) is 10.4. The van der Waals surface area contributed by atoms with Gasteiger partial charge in [0.2, 0.25) is 5.91 Å². The van der Waals surface area contributed by atoms with Crippen LogP contribution in [0.3, 0.4) is 0 Å². The van der Waals surface area contributed by atoms with E-state index in [1.807, 2.05) is 12.1 Å². The molecule has 0 bridgehead atoms. The number of carbonyl (C=O) groups is 1. The van der Waals surface area contributed by atoms with Gasteiger partial charge in [0.15, 0.2) is 5.82 Å². The van der Waals surface area contributed by atoms with Crippen LogP contribution in [-0.2, 0) is 11.3 Å². The van der Waals surface area contributed by atoms with E-state index in [-0.39, 0.29) is 22.7 Å². The number of carbonyl (C=O) groups excluding carboxylic acids is 1. The van der Waals surface area contributed by atoms with Crippen molar-refractivity contribution in [3.63, 3.8) is 0 Å². The summed E-state index contributed by atoms with van der Waals surface area (Å²) in [4.78, 5) is 25.1. The summed E-state index contributed by atoms with van der Waals surface area (Å²) in [6.07, 6.45) is 3.21. The third-order valence-corrected chi connectivity index (χ3v) is 6.00. The molecule has 7 nitrogen and oxygen atoms in total. The van der Waals surface area contributed by atoms with Gasteiger partial charge in [-0.15, -0.1) is 0 Å². The topological polar surface area (TPSA) is 70.6 Å². The Kier molecular flexibility index (Phi) is 6.43. The van der Waals surface area contributed by atoms with E-state index >= 15 is 0 Å². The fraction of sp³-hybridized carbons (Fsp3) is 0.348. The maximum absolute atomic E-state index is 14.4. The summed E-state index contributed by atoms with van der Waals surface area (Å²) in [7, 11) is 5.16. The molecule has 0 saturated carbocycles. The summed E-state index contributed by atoms with van der Waals surface area (Å²) in [5.74, 6) is 0.697. The van der Waals surface area contributed by atoms with Crippen molar-refractivity contribution in [2.24, 2.45) is 0 Å². The molecule has 32 heavy (non-hydrogen) atoms. The standard InChI is InChI=1S/C23H25ClFN5O2/c1-29(2)23(31)19-8-5-9-30(19)12-14-10-15-18(11-20(14)32-3)26-13-27-22(15)28-17-7-4-6-16(24)21(17)25/h4,6-7,10-11,13,19H,5,8-9,12H2,1-3H3,(H,26,27,28)/t19-/m0/s1. The molecule has 4 rings (SSSR count). The van der Waals surface area contributed by atoms with Gasteiger partial charge < -0.3 is 15.0 Å². The average molecular weight is 458 g/mol. The zero-order valence-electron chi connectivity index (χ0n) is 18.2. The number of anilines is 2. The minimum atomic E-state index is -0.545. The number of amides is 1. The largest absolute Gasteiger partial charge is 0.496 e. The van der Waals surface area contributed by atoms with Crippen molar-refractivity contribution in [2.45, 2.75) is 25.4 Å². The summed E-state index contributed by atoms with van der Waals surface area (Å²) in [5, 5.41) is 3.78.